The molecule has 3 atom stereocenters. The van der Waals surface area contributed by atoms with Crippen LogP contribution in [0, 0.1) is 5.92 Å². The zero-order chi connectivity index (χ0) is 76.1. The van der Waals surface area contributed by atoms with E-state index in [1.54, 1.807) is 91.5 Å². The van der Waals surface area contributed by atoms with E-state index in [0.717, 1.165) is 27.8 Å². The molecule has 0 bridgehead atoms. The molecule has 34 heteroatoms. The highest BCUT2D eigenvalue weighted by Crippen LogP contribution is 2.50. The van der Waals surface area contributed by atoms with Crippen LogP contribution in [-0.4, -0.2) is 231 Å². The maximum absolute atomic E-state index is 14.6. The summed E-state index contributed by atoms with van der Waals surface area (Å²) in [6, 6.07) is 24.1. The van der Waals surface area contributed by atoms with E-state index in [1.165, 1.54) is 34.9 Å². The van der Waals surface area contributed by atoms with Gasteiger partial charge in [0.05, 0.1) is 107 Å². The molecule has 31 nitrogen and oxygen atoms in total. The Morgan fingerprint density at radius 3 is 1.84 bits per heavy atom. The summed E-state index contributed by atoms with van der Waals surface area (Å²) in [7, 11) is -2.01. The first-order valence-corrected chi connectivity index (χ1v) is 37.6. The van der Waals surface area contributed by atoms with Crippen molar-refractivity contribution in [3.63, 3.8) is 0 Å². The van der Waals surface area contributed by atoms with Gasteiger partial charge in [0.1, 0.15) is 30.2 Å². The van der Waals surface area contributed by atoms with Gasteiger partial charge in [0.15, 0.2) is 0 Å². The number of primary amides is 1. The molecule has 0 fully saturated rings. The van der Waals surface area contributed by atoms with E-state index in [-0.39, 0.29) is 131 Å². The number of likely N-dealkylation sites (N-methyl/N-ethyl adjacent to an activating group) is 1. The van der Waals surface area contributed by atoms with Crippen LogP contribution in [0.3, 0.4) is 0 Å². The molecular formula is C72H94ClN10O21PS. The number of alkyl halides is 1. The molecule has 0 spiro atoms. The number of benzene rings is 5. The Hall–Kier alpha value is -8.60. The summed E-state index contributed by atoms with van der Waals surface area (Å²) < 4.78 is 67.0. The van der Waals surface area contributed by atoms with Crippen molar-refractivity contribution in [2.45, 2.75) is 64.1 Å². The Kier molecular flexibility index (Phi) is 33.0. The Morgan fingerprint density at radius 1 is 0.679 bits per heavy atom. The van der Waals surface area contributed by atoms with Gasteiger partial charge < -0.3 is 99.5 Å². The molecule has 1 unspecified atom stereocenters. The number of nitrogens with zero attached hydrogens (tertiary/aromatic N) is 4. The quantitative estimate of drug-likeness (QED) is 0.0110. The van der Waals surface area contributed by atoms with Crippen molar-refractivity contribution in [1.29, 1.82) is 0 Å². The van der Waals surface area contributed by atoms with Crippen LogP contribution in [0.4, 0.5) is 31.4 Å². The van der Waals surface area contributed by atoms with Gasteiger partial charge in [-0.2, -0.15) is 0 Å². The molecule has 0 saturated carbocycles. The molecule has 5 aromatic carbocycles. The molecule has 3 heterocycles. The summed E-state index contributed by atoms with van der Waals surface area (Å²) in [5.41, 5.74) is 14.0. The summed E-state index contributed by atoms with van der Waals surface area (Å²) >= 11 is 7.48. The lowest BCUT2D eigenvalue weighted by atomic mass is 9.95. The SMILES string of the molecule is COCCN(CCN(C)C(=O)OCc1ccc(NC(=O)[C@H](CCCNC(N)=O)NC(=O)C(NC(=O)CCOCCOCCOCCOCCOCCOCCN)C(C)C)cc1)C(=O)Oc1cc2c(c3ccccc13)CCN2C(=O)c1ccc(C(=O)N2C[C@@H](CCl)c3c2cc(OP(=O)(O)O)c2ccccc32)s1. The number of anilines is 3. The van der Waals surface area contributed by atoms with E-state index >= 15 is 0 Å². The Morgan fingerprint density at radius 2 is 1.25 bits per heavy atom. The second-order valence-corrected chi connectivity index (χ2v) is 27.6. The van der Waals surface area contributed by atoms with E-state index in [2.05, 4.69) is 21.3 Å². The minimum atomic E-state index is -5.00. The Balaban J connectivity index is 0.797. The standard InChI is InChI=1S/C72H94ClN10O21PS/c1-47(2)65(79-63(84)22-29-96-32-34-98-36-38-100-40-41-101-39-37-99-35-33-97-30-23-74)67(86)78-56(14-9-24-76-70(75)89)66(85)77-50-17-15-48(16-18-50)46-102-71(90)80(3)26-27-81(28-31-95-4)72(91)103-59-42-57-52(51-10-5-6-11-53(51)59)21-25-82(57)68(87)61-19-20-62(106-61)69(88)83-45-49(44-73)64-55-13-8-7-12-54(55)60(43-58(64)83)104-105(92,93)94/h5-8,10-13,15-20,42-43,47,49,56,65H,9,14,21-41,44-46,74H2,1-4H3,(H,77,85)(H,78,86)(H,79,84)(H3,75,76,89)(H2,92,93,94)/t49-,56+,65?/m1/s1. The number of amides is 9. The van der Waals surface area contributed by atoms with Crippen LogP contribution < -0.4 is 51.8 Å². The van der Waals surface area contributed by atoms with Gasteiger partial charge in [0.25, 0.3) is 11.8 Å². The van der Waals surface area contributed by atoms with Crippen LogP contribution in [0.25, 0.3) is 21.5 Å². The van der Waals surface area contributed by atoms with E-state index in [1.807, 2.05) is 18.2 Å². The first-order valence-electron chi connectivity index (χ1n) is 34.8. The second kappa shape index (κ2) is 42.1. The van der Waals surface area contributed by atoms with Gasteiger partial charge in [-0.3, -0.25) is 33.8 Å². The third-order valence-electron chi connectivity index (χ3n) is 17.1. The average molecular weight is 1530 g/mol. The van der Waals surface area contributed by atoms with Crippen LogP contribution in [-0.2, 0) is 69.9 Å². The lowest BCUT2D eigenvalue weighted by Crippen LogP contribution is -2.54. The fraction of sp³-hybridized carbons (Fsp3) is 0.472. The Bertz CT molecular complexity index is 4000. The number of phosphoric ester groups is 1. The number of fused-ring (bicyclic) bond motifs is 6. The maximum Gasteiger partial charge on any atom is 0.524 e. The van der Waals surface area contributed by atoms with E-state index in [9.17, 15) is 52.7 Å². The molecule has 2 aliphatic rings. The third kappa shape index (κ3) is 24.5. The lowest BCUT2D eigenvalue weighted by molar-refractivity contribution is -0.132. The zero-order valence-electron chi connectivity index (χ0n) is 59.8. The van der Waals surface area contributed by atoms with Crippen molar-refractivity contribution in [2.75, 3.05) is 167 Å². The number of phosphoric acid groups is 1. The van der Waals surface area contributed by atoms with Crippen LogP contribution in [0.1, 0.15) is 75.1 Å². The molecule has 6 aromatic rings. The summed E-state index contributed by atoms with van der Waals surface area (Å²) in [5.74, 6) is -2.95. The summed E-state index contributed by atoms with van der Waals surface area (Å²) in [6.07, 6.45) is -0.680. The molecule has 1 aromatic heterocycles. The molecular weight excluding hydrogens is 1440 g/mol. The number of nitrogens with one attached hydrogen (secondary N) is 4. The smallest absolute Gasteiger partial charge is 0.445 e. The van der Waals surface area contributed by atoms with Crippen molar-refractivity contribution < 1.29 is 99.9 Å². The number of carbonyl (C=O) groups is 8. The molecule has 9 amide bonds. The summed E-state index contributed by atoms with van der Waals surface area (Å²) in [5, 5.41) is 13.2. The van der Waals surface area contributed by atoms with Crippen molar-refractivity contribution in [2.24, 2.45) is 17.4 Å². The van der Waals surface area contributed by atoms with E-state index < -0.39 is 67.7 Å². The highest BCUT2D eigenvalue weighted by atomic mass is 35.5. The number of halogens is 1. The van der Waals surface area contributed by atoms with Gasteiger partial charge in [-0.15, -0.1) is 22.9 Å². The van der Waals surface area contributed by atoms with Gasteiger partial charge in [-0.05, 0) is 76.9 Å². The normalized spacial score (nSPS) is 13.8. The first-order chi connectivity index (χ1) is 51.1. The molecule has 8 rings (SSSR count). The van der Waals surface area contributed by atoms with Crippen molar-refractivity contribution >= 4 is 117 Å². The monoisotopic (exact) mass is 1530 g/mol. The molecule has 0 aliphatic carbocycles. The van der Waals surface area contributed by atoms with Gasteiger partial charge in [0.2, 0.25) is 17.7 Å². The average Bonchev–Trinajstić information content (AvgIpc) is 1.56. The largest absolute Gasteiger partial charge is 0.524 e. The minimum Gasteiger partial charge on any atom is -0.445 e. The number of carbonyl (C=O) groups excluding carboxylic acids is 8. The fourth-order valence-corrected chi connectivity index (χ4v) is 13.3. The highest BCUT2D eigenvalue weighted by molar-refractivity contribution is 7.46. The van der Waals surface area contributed by atoms with Crippen LogP contribution in [0.5, 0.6) is 11.5 Å². The molecule has 10 N–H and O–H groups in total. The number of ether oxygens (including phenoxy) is 9. The molecule has 2 aliphatic heterocycles. The van der Waals surface area contributed by atoms with Gasteiger partial charge in [-0.25, -0.2) is 18.9 Å². The number of hydrogen-bond acceptors (Lipinski definition) is 21. The predicted octanol–water partition coefficient (Wildman–Crippen LogP) is 6.89. The lowest BCUT2D eigenvalue weighted by Gasteiger charge is -2.25. The number of rotatable bonds is 44. The van der Waals surface area contributed by atoms with E-state index in [0.29, 0.717) is 111 Å². The fourth-order valence-electron chi connectivity index (χ4n) is 11.8. The molecule has 0 radical (unpaired) electrons. The van der Waals surface area contributed by atoms with Gasteiger partial charge >= 0.3 is 26.0 Å². The zero-order valence-corrected chi connectivity index (χ0v) is 62.2. The van der Waals surface area contributed by atoms with Crippen LogP contribution >= 0.6 is 30.8 Å². The highest BCUT2D eigenvalue weighted by Gasteiger charge is 2.38. The van der Waals surface area contributed by atoms with Crippen molar-refractivity contribution in [1.82, 2.24) is 25.8 Å². The van der Waals surface area contributed by atoms with Crippen LogP contribution in [0.15, 0.2) is 97.1 Å². The number of hydrogen-bond donors (Lipinski definition) is 8. The first kappa shape index (κ1) is 83.0. The van der Waals surface area contributed by atoms with E-state index in [4.69, 9.17) is 70.2 Å². The summed E-state index contributed by atoms with van der Waals surface area (Å²) in [6.45, 7) is 9.02. The molecule has 576 valence electrons. The number of thiophene rings is 1. The maximum atomic E-state index is 14.6. The summed E-state index contributed by atoms with van der Waals surface area (Å²) in [4.78, 5) is 135. The minimum absolute atomic E-state index is 0.00466. The second-order valence-electron chi connectivity index (χ2n) is 25.0. The predicted molar refractivity (Wildman–Crippen MR) is 397 cm³/mol. The number of methoxy groups -OCH3 is 1. The topological polar surface area (TPSA) is 400 Å². The number of urea groups is 1. The van der Waals surface area contributed by atoms with Gasteiger partial charge in [-0.1, -0.05) is 74.5 Å². The van der Waals surface area contributed by atoms with Gasteiger partial charge in [0, 0.05) is 107 Å². The van der Waals surface area contributed by atoms with Crippen LogP contribution in [0.2, 0.25) is 0 Å². The van der Waals surface area contributed by atoms with Crippen molar-refractivity contribution in [3.8, 4) is 11.5 Å². The third-order valence-corrected chi connectivity index (χ3v) is 19.0. The molecule has 106 heavy (non-hydrogen) atoms. The number of nitrogens with two attached hydrogens (primary N) is 2. The van der Waals surface area contributed by atoms with Crippen molar-refractivity contribution in [3.05, 3.63) is 124 Å². The Labute approximate surface area is 623 Å². The molecule has 0 saturated heterocycles.